The quantitative estimate of drug-likeness (QED) is 0.866. The summed E-state index contributed by atoms with van der Waals surface area (Å²) in [5, 5.41) is 3.49. The van der Waals surface area contributed by atoms with Gasteiger partial charge in [0.15, 0.2) is 0 Å². The van der Waals surface area contributed by atoms with Gasteiger partial charge >= 0.3 is 0 Å². The fourth-order valence-corrected chi connectivity index (χ4v) is 2.74. The summed E-state index contributed by atoms with van der Waals surface area (Å²) in [6.45, 7) is 10.4. The highest BCUT2D eigenvalue weighted by molar-refractivity contribution is 5.54. The summed E-state index contributed by atoms with van der Waals surface area (Å²) >= 11 is 0. The van der Waals surface area contributed by atoms with Gasteiger partial charge in [-0.25, -0.2) is 0 Å². The van der Waals surface area contributed by atoms with Crippen molar-refractivity contribution in [1.82, 2.24) is 10.3 Å². The highest BCUT2D eigenvalue weighted by Crippen LogP contribution is 2.27. The summed E-state index contributed by atoms with van der Waals surface area (Å²) in [6, 6.07) is 2.70. The number of aryl methyl sites for hydroxylation is 1. The Hall–Kier alpha value is -1.13. The molecule has 1 N–H and O–H groups in total. The fraction of sp³-hybridized carbons (Fsp3) is 0.688. The van der Waals surface area contributed by atoms with Crippen molar-refractivity contribution in [3.63, 3.8) is 0 Å². The van der Waals surface area contributed by atoms with Crippen LogP contribution in [0.4, 0.5) is 5.69 Å². The van der Waals surface area contributed by atoms with Crippen LogP contribution in [-0.2, 0) is 11.3 Å². The lowest BCUT2D eigenvalue weighted by molar-refractivity contribution is 0.161. The maximum Gasteiger partial charge on any atom is 0.0508 e. The molecule has 4 heteroatoms. The van der Waals surface area contributed by atoms with Crippen molar-refractivity contribution in [2.24, 2.45) is 5.92 Å². The smallest absolute Gasteiger partial charge is 0.0508 e. The average Bonchev–Trinajstić information content (AvgIpc) is 2.86. The topological polar surface area (TPSA) is 37.4 Å². The van der Waals surface area contributed by atoms with Gasteiger partial charge in [-0.15, -0.1) is 0 Å². The maximum atomic E-state index is 5.29. The van der Waals surface area contributed by atoms with Crippen LogP contribution in [-0.4, -0.2) is 37.8 Å². The molecule has 0 spiro atoms. The Morgan fingerprint density at radius 3 is 3.00 bits per heavy atom. The molecule has 2 heterocycles. The first-order chi connectivity index (χ1) is 9.60. The van der Waals surface area contributed by atoms with Crippen LogP contribution in [0.5, 0.6) is 0 Å². The van der Waals surface area contributed by atoms with Crippen molar-refractivity contribution in [3.05, 3.63) is 23.5 Å². The third-order valence-electron chi connectivity index (χ3n) is 3.83. The summed E-state index contributed by atoms with van der Waals surface area (Å²) in [5.74, 6) is 0.652. The molecule has 1 aliphatic rings. The SMILES string of the molecule is COCC1CCN(c2cc(C)ncc2CNC(C)C)C1. The molecule has 0 aromatic carbocycles. The molecule has 0 amide bonds. The van der Waals surface area contributed by atoms with Crippen LogP contribution in [0.1, 0.15) is 31.5 Å². The van der Waals surface area contributed by atoms with E-state index < -0.39 is 0 Å². The monoisotopic (exact) mass is 277 g/mol. The largest absolute Gasteiger partial charge is 0.384 e. The van der Waals surface area contributed by atoms with Gasteiger partial charge in [0.1, 0.15) is 0 Å². The Morgan fingerprint density at radius 2 is 2.30 bits per heavy atom. The Kier molecular flexibility index (Phi) is 5.38. The molecule has 0 bridgehead atoms. The number of nitrogens with one attached hydrogen (secondary N) is 1. The molecule has 1 atom stereocenters. The van der Waals surface area contributed by atoms with E-state index in [9.17, 15) is 0 Å². The normalized spacial score (nSPS) is 19.1. The van der Waals surface area contributed by atoms with Crippen LogP contribution in [0.2, 0.25) is 0 Å². The van der Waals surface area contributed by atoms with Gasteiger partial charge in [-0.05, 0) is 19.4 Å². The van der Waals surface area contributed by atoms with Crippen molar-refractivity contribution in [2.75, 3.05) is 31.7 Å². The van der Waals surface area contributed by atoms with E-state index in [1.54, 1.807) is 7.11 Å². The van der Waals surface area contributed by atoms with Gasteiger partial charge in [0, 0.05) is 61.8 Å². The zero-order chi connectivity index (χ0) is 14.5. The number of anilines is 1. The molecule has 1 saturated heterocycles. The molecule has 0 saturated carbocycles. The molecule has 1 aliphatic heterocycles. The number of methoxy groups -OCH3 is 1. The molecular formula is C16H27N3O. The van der Waals surface area contributed by atoms with Crippen LogP contribution < -0.4 is 10.2 Å². The third-order valence-corrected chi connectivity index (χ3v) is 3.83. The molecule has 1 fully saturated rings. The Balaban J connectivity index is 2.11. The second-order valence-electron chi connectivity index (χ2n) is 6.05. The van der Waals surface area contributed by atoms with Crippen molar-refractivity contribution in [2.45, 2.75) is 39.8 Å². The molecule has 1 aromatic heterocycles. The molecular weight excluding hydrogens is 250 g/mol. The molecule has 0 radical (unpaired) electrons. The van der Waals surface area contributed by atoms with Crippen LogP contribution in [0.25, 0.3) is 0 Å². The summed E-state index contributed by atoms with van der Waals surface area (Å²) in [4.78, 5) is 6.93. The van der Waals surface area contributed by atoms with E-state index in [1.807, 2.05) is 6.20 Å². The first kappa shape index (κ1) is 15.3. The predicted molar refractivity (Wildman–Crippen MR) is 83.1 cm³/mol. The first-order valence-electron chi connectivity index (χ1n) is 7.53. The number of aromatic nitrogens is 1. The van der Waals surface area contributed by atoms with Gasteiger partial charge in [-0.3, -0.25) is 4.98 Å². The maximum absolute atomic E-state index is 5.29. The Morgan fingerprint density at radius 1 is 1.50 bits per heavy atom. The standard InChI is InChI=1S/C16H27N3O/c1-12(2)17-8-15-9-18-13(3)7-16(15)19-6-5-14(10-19)11-20-4/h7,9,12,14,17H,5-6,8,10-11H2,1-4H3. The summed E-state index contributed by atoms with van der Waals surface area (Å²) in [5.41, 5.74) is 3.72. The fourth-order valence-electron chi connectivity index (χ4n) is 2.74. The van der Waals surface area contributed by atoms with E-state index >= 15 is 0 Å². The Bertz CT molecular complexity index is 434. The van der Waals surface area contributed by atoms with Gasteiger partial charge in [-0.2, -0.15) is 0 Å². The average molecular weight is 277 g/mol. The van der Waals surface area contributed by atoms with Crippen LogP contribution >= 0.6 is 0 Å². The zero-order valence-corrected chi connectivity index (χ0v) is 13.1. The molecule has 112 valence electrons. The van der Waals surface area contributed by atoms with Gasteiger partial charge in [0.25, 0.3) is 0 Å². The van der Waals surface area contributed by atoms with Crippen LogP contribution in [0.15, 0.2) is 12.3 Å². The third kappa shape index (κ3) is 3.93. The molecule has 2 rings (SSSR count). The number of hydrogen-bond donors (Lipinski definition) is 1. The van der Waals surface area contributed by atoms with E-state index in [4.69, 9.17) is 4.74 Å². The van der Waals surface area contributed by atoms with Crippen LogP contribution in [0.3, 0.4) is 0 Å². The second-order valence-corrected chi connectivity index (χ2v) is 6.05. The summed E-state index contributed by atoms with van der Waals surface area (Å²) in [7, 11) is 1.79. The Labute approximate surface area is 122 Å². The lowest BCUT2D eigenvalue weighted by Crippen LogP contribution is -2.26. The number of nitrogens with zero attached hydrogens (tertiary/aromatic N) is 2. The van der Waals surface area contributed by atoms with E-state index in [-0.39, 0.29) is 0 Å². The number of ether oxygens (including phenoxy) is 1. The van der Waals surface area contributed by atoms with Gasteiger partial charge in [-0.1, -0.05) is 13.8 Å². The van der Waals surface area contributed by atoms with Crippen molar-refractivity contribution < 1.29 is 4.74 Å². The summed E-state index contributed by atoms with van der Waals surface area (Å²) in [6.07, 6.45) is 3.23. The van der Waals surface area contributed by atoms with E-state index in [1.165, 1.54) is 17.7 Å². The number of pyridine rings is 1. The highest BCUT2D eigenvalue weighted by atomic mass is 16.5. The van der Waals surface area contributed by atoms with Gasteiger partial charge in [0.05, 0.1) is 6.61 Å². The van der Waals surface area contributed by atoms with E-state index in [0.29, 0.717) is 12.0 Å². The second kappa shape index (κ2) is 7.04. The highest BCUT2D eigenvalue weighted by Gasteiger charge is 2.24. The molecule has 4 nitrogen and oxygen atoms in total. The predicted octanol–water partition coefficient (Wildman–Crippen LogP) is 2.36. The van der Waals surface area contributed by atoms with Gasteiger partial charge < -0.3 is 15.0 Å². The van der Waals surface area contributed by atoms with E-state index in [0.717, 1.165) is 31.9 Å². The number of rotatable bonds is 6. The van der Waals surface area contributed by atoms with E-state index in [2.05, 4.69) is 42.0 Å². The molecule has 20 heavy (non-hydrogen) atoms. The number of hydrogen-bond acceptors (Lipinski definition) is 4. The van der Waals surface area contributed by atoms with Crippen LogP contribution in [0, 0.1) is 12.8 Å². The first-order valence-corrected chi connectivity index (χ1v) is 7.53. The minimum Gasteiger partial charge on any atom is -0.384 e. The minimum atomic E-state index is 0.490. The van der Waals surface area contributed by atoms with Crippen molar-refractivity contribution >= 4 is 5.69 Å². The lowest BCUT2D eigenvalue weighted by Gasteiger charge is -2.23. The molecule has 0 aliphatic carbocycles. The molecule has 1 aromatic rings. The van der Waals surface area contributed by atoms with Gasteiger partial charge in [0.2, 0.25) is 0 Å². The zero-order valence-electron chi connectivity index (χ0n) is 13.1. The summed E-state index contributed by atoms with van der Waals surface area (Å²) < 4.78 is 5.29. The van der Waals surface area contributed by atoms with Crippen molar-refractivity contribution in [1.29, 1.82) is 0 Å². The van der Waals surface area contributed by atoms with Crippen molar-refractivity contribution in [3.8, 4) is 0 Å². The minimum absolute atomic E-state index is 0.490. The lowest BCUT2D eigenvalue weighted by atomic mass is 10.1. The molecule has 1 unspecified atom stereocenters.